The molecule has 0 radical (unpaired) electrons. The number of allylic oxidation sites excluding steroid dienone is 1. The van der Waals surface area contributed by atoms with E-state index in [4.69, 9.17) is 18.9 Å². The summed E-state index contributed by atoms with van der Waals surface area (Å²) >= 11 is 0. The van der Waals surface area contributed by atoms with E-state index >= 15 is 0 Å². The van der Waals surface area contributed by atoms with Gasteiger partial charge >= 0.3 is 18.0 Å². The molecule has 5 unspecified atom stereocenters. The zero-order valence-electron chi connectivity index (χ0n) is 26.0. The summed E-state index contributed by atoms with van der Waals surface area (Å²) in [5.41, 5.74) is -0.997. The Balaban J connectivity index is 1.56. The van der Waals surface area contributed by atoms with Gasteiger partial charge in [0.15, 0.2) is 5.69 Å². The van der Waals surface area contributed by atoms with Gasteiger partial charge in [-0.25, -0.2) is 19.6 Å². The van der Waals surface area contributed by atoms with Crippen LogP contribution in [0.15, 0.2) is 49.6 Å². The summed E-state index contributed by atoms with van der Waals surface area (Å²) < 4.78 is 52.1. The van der Waals surface area contributed by atoms with Crippen LogP contribution < -0.4 is 10.1 Å². The normalized spacial score (nSPS) is 22.5. The molecule has 1 aliphatic carbocycles. The summed E-state index contributed by atoms with van der Waals surface area (Å²) in [4.78, 5) is 49.5. The topological polar surface area (TPSA) is 129 Å². The third-order valence-corrected chi connectivity index (χ3v) is 7.86. The fourth-order valence-electron chi connectivity index (χ4n) is 5.54. The molecule has 2 aromatic rings. The van der Waals surface area contributed by atoms with Crippen LogP contribution in [0.1, 0.15) is 52.1 Å². The number of halogens is 2. The van der Waals surface area contributed by atoms with Gasteiger partial charge in [-0.1, -0.05) is 45.6 Å². The second-order valence-corrected chi connectivity index (χ2v) is 12.2. The number of nitrogens with zero attached hydrogens (tertiary/aromatic N) is 3. The van der Waals surface area contributed by atoms with Gasteiger partial charge in [0.25, 0.3) is 0 Å². The number of para-hydroxylation sites is 2. The maximum absolute atomic E-state index is 14.9. The van der Waals surface area contributed by atoms with E-state index in [0.29, 0.717) is 24.6 Å². The lowest BCUT2D eigenvalue weighted by atomic mass is 9.85. The number of methoxy groups -OCH3 is 1. The van der Waals surface area contributed by atoms with Crippen molar-refractivity contribution in [1.82, 2.24) is 20.2 Å². The van der Waals surface area contributed by atoms with Crippen LogP contribution in [0, 0.1) is 5.41 Å². The average Bonchev–Trinajstić information content (AvgIpc) is 3.63. The van der Waals surface area contributed by atoms with Crippen molar-refractivity contribution in [1.29, 1.82) is 0 Å². The minimum absolute atomic E-state index is 0.0717. The molecule has 1 aromatic heterocycles. The number of fused-ring (bicyclic) bond motifs is 1. The van der Waals surface area contributed by atoms with E-state index in [1.807, 2.05) is 0 Å². The van der Waals surface area contributed by atoms with Crippen molar-refractivity contribution >= 4 is 29.0 Å². The molecular formula is C32H40F2N4O7. The summed E-state index contributed by atoms with van der Waals surface area (Å²) in [6, 6.07) is 4.24. The molecule has 2 fully saturated rings. The number of carbonyl (C=O) groups is 3. The highest BCUT2D eigenvalue weighted by Crippen LogP contribution is 2.36. The lowest BCUT2D eigenvalue weighted by molar-refractivity contribution is -0.152. The fraction of sp³-hybridized carbons (Fsp3) is 0.531. The molecule has 2 aliphatic rings. The van der Waals surface area contributed by atoms with Gasteiger partial charge in [-0.15, -0.1) is 6.58 Å². The van der Waals surface area contributed by atoms with Crippen molar-refractivity contribution in [2.24, 2.45) is 5.41 Å². The molecule has 0 spiro atoms. The molecule has 13 heteroatoms. The van der Waals surface area contributed by atoms with Crippen molar-refractivity contribution in [3.8, 4) is 5.88 Å². The Bertz CT molecular complexity index is 1430. The predicted molar refractivity (Wildman–Crippen MR) is 161 cm³/mol. The first-order valence-electron chi connectivity index (χ1n) is 14.8. The van der Waals surface area contributed by atoms with Gasteiger partial charge in [0, 0.05) is 6.42 Å². The molecule has 2 heterocycles. The number of alkyl carbamates (subject to hydrolysis) is 1. The number of benzene rings is 1. The Hall–Kier alpha value is -4.13. The number of esters is 1. The number of amides is 2. The van der Waals surface area contributed by atoms with Crippen molar-refractivity contribution in [3.05, 3.63) is 55.3 Å². The van der Waals surface area contributed by atoms with Gasteiger partial charge in [0.2, 0.25) is 11.8 Å². The highest BCUT2D eigenvalue weighted by molar-refractivity contribution is 5.91. The summed E-state index contributed by atoms with van der Waals surface area (Å²) in [5.74, 6) is -5.33. The highest BCUT2D eigenvalue weighted by Gasteiger charge is 2.47. The third kappa shape index (κ3) is 7.75. The van der Waals surface area contributed by atoms with Gasteiger partial charge in [0.05, 0.1) is 37.4 Å². The Morgan fingerprint density at radius 1 is 1.11 bits per heavy atom. The molecule has 1 N–H and O–H groups in total. The first kappa shape index (κ1) is 33.8. The Kier molecular flexibility index (Phi) is 10.4. The number of hydrogen-bond acceptors (Lipinski definition) is 9. The summed E-state index contributed by atoms with van der Waals surface area (Å²) in [5, 5.41) is 2.68. The van der Waals surface area contributed by atoms with E-state index in [1.54, 1.807) is 51.1 Å². The van der Waals surface area contributed by atoms with Crippen LogP contribution in [-0.2, 0) is 29.7 Å². The molecule has 1 aromatic carbocycles. The molecule has 1 aliphatic heterocycles. The van der Waals surface area contributed by atoms with E-state index in [9.17, 15) is 23.2 Å². The molecule has 45 heavy (non-hydrogen) atoms. The van der Waals surface area contributed by atoms with Crippen molar-refractivity contribution < 1.29 is 42.1 Å². The lowest BCUT2D eigenvalue weighted by Crippen LogP contribution is -2.57. The van der Waals surface area contributed by atoms with Crippen LogP contribution in [0.2, 0.25) is 0 Å². The van der Waals surface area contributed by atoms with Crippen LogP contribution in [0.4, 0.5) is 13.6 Å². The molecule has 1 saturated carbocycles. The van der Waals surface area contributed by atoms with E-state index in [0.717, 1.165) is 12.8 Å². The largest absolute Gasteiger partial charge is 0.471 e. The lowest BCUT2D eigenvalue weighted by Gasteiger charge is -2.35. The minimum atomic E-state index is -3.57. The van der Waals surface area contributed by atoms with Crippen LogP contribution in [0.3, 0.4) is 0 Å². The Labute approximate surface area is 260 Å². The van der Waals surface area contributed by atoms with Gasteiger partial charge in [-0.2, -0.15) is 8.78 Å². The number of alkyl halides is 2. The standard InChI is InChI=1S/C32H40F2N4O7/c1-7-16-43-23-14-11-15-24(23)45-30(41)37-26(31(3,4)5)28(39)38-18-19(17-22(38)29(40)42-6)44-27-25(32(33,34)8-2)35-20-12-9-10-13-21(20)36-27/h7-10,12-13,19,22-24,26H,1-2,11,14-18H2,3-6H3,(H,37,41). The predicted octanol–water partition coefficient (Wildman–Crippen LogP) is 4.69. The highest BCUT2D eigenvalue weighted by atomic mass is 19.3. The van der Waals surface area contributed by atoms with E-state index in [-0.39, 0.29) is 24.6 Å². The SMILES string of the molecule is C=CCOC1CCCC1OC(=O)NC(C(=O)N1CC(Oc2nc3ccccc3nc2C(F)(F)C=C)CC1C(=O)OC)C(C)(C)C. The van der Waals surface area contributed by atoms with Crippen LogP contribution in [0.5, 0.6) is 5.88 Å². The molecule has 5 atom stereocenters. The van der Waals surface area contributed by atoms with E-state index in [1.165, 1.54) is 12.0 Å². The Morgan fingerprint density at radius 2 is 1.78 bits per heavy atom. The van der Waals surface area contributed by atoms with Crippen LogP contribution in [0.25, 0.3) is 11.0 Å². The molecule has 0 bridgehead atoms. The van der Waals surface area contributed by atoms with Gasteiger partial charge < -0.3 is 29.2 Å². The van der Waals surface area contributed by atoms with Crippen molar-refractivity contribution in [3.63, 3.8) is 0 Å². The maximum atomic E-state index is 14.9. The monoisotopic (exact) mass is 630 g/mol. The molecule has 2 amide bonds. The number of ether oxygens (including phenoxy) is 4. The second-order valence-electron chi connectivity index (χ2n) is 12.2. The smallest absolute Gasteiger partial charge is 0.408 e. The molecular weight excluding hydrogens is 590 g/mol. The van der Waals surface area contributed by atoms with Gasteiger partial charge in [-0.05, 0) is 42.9 Å². The number of rotatable bonds is 11. The van der Waals surface area contributed by atoms with Gasteiger partial charge in [0.1, 0.15) is 24.3 Å². The molecule has 244 valence electrons. The van der Waals surface area contributed by atoms with E-state index < -0.39 is 65.2 Å². The average molecular weight is 631 g/mol. The quantitative estimate of drug-likeness (QED) is 0.278. The zero-order chi connectivity index (χ0) is 32.9. The van der Waals surface area contributed by atoms with Crippen LogP contribution in [-0.4, -0.2) is 83.5 Å². The summed E-state index contributed by atoms with van der Waals surface area (Å²) in [6.45, 7) is 12.3. The van der Waals surface area contributed by atoms with Crippen molar-refractivity contribution in [2.75, 3.05) is 20.3 Å². The van der Waals surface area contributed by atoms with Crippen LogP contribution >= 0.6 is 0 Å². The number of aromatic nitrogens is 2. The molecule has 4 rings (SSSR count). The minimum Gasteiger partial charge on any atom is -0.471 e. The first-order valence-corrected chi connectivity index (χ1v) is 14.8. The fourth-order valence-corrected chi connectivity index (χ4v) is 5.54. The summed E-state index contributed by atoms with van der Waals surface area (Å²) in [7, 11) is 1.18. The Morgan fingerprint density at radius 3 is 2.40 bits per heavy atom. The number of hydrogen-bond donors (Lipinski definition) is 1. The second kappa shape index (κ2) is 13.9. The first-order chi connectivity index (χ1) is 21.3. The van der Waals surface area contributed by atoms with Gasteiger partial charge in [-0.3, -0.25) is 4.79 Å². The number of carbonyl (C=O) groups excluding carboxylic acids is 3. The zero-order valence-corrected chi connectivity index (χ0v) is 26.0. The van der Waals surface area contributed by atoms with Crippen molar-refractivity contribution in [2.45, 2.75) is 82.8 Å². The molecule has 1 saturated heterocycles. The number of likely N-dealkylation sites (tertiary alicyclic amines) is 1. The van der Waals surface area contributed by atoms with E-state index in [2.05, 4.69) is 28.4 Å². The number of nitrogens with one attached hydrogen (secondary N) is 1. The maximum Gasteiger partial charge on any atom is 0.408 e. The third-order valence-electron chi connectivity index (χ3n) is 7.86. The molecule has 11 nitrogen and oxygen atoms in total. The summed E-state index contributed by atoms with van der Waals surface area (Å²) in [6.07, 6.45) is 1.65.